The Morgan fingerprint density at radius 2 is 0.481 bits per heavy atom. The van der Waals surface area contributed by atoms with Crippen LogP contribution in [0.5, 0.6) is 0 Å². The SMILES string of the molecule is CCCCCCCCCCCCCCCCCCCCCCC(O)(CCCCCCCCCCCCCCCCCCCCCC)C([PH-])[N+](C)(C)C. The molecule has 0 fully saturated rings. The third-order valence-electron chi connectivity index (χ3n) is 12.2. The molecule has 3 heteroatoms. The van der Waals surface area contributed by atoms with Gasteiger partial charge in [0.05, 0.1) is 26.7 Å². The number of quaternary nitrogens is 1. The van der Waals surface area contributed by atoms with Gasteiger partial charge in [-0.15, -0.1) is 0 Å². The third kappa shape index (κ3) is 36.0. The fraction of sp³-hybridized carbons (Fsp3) is 1.00. The highest BCUT2D eigenvalue weighted by Crippen LogP contribution is 2.34. The highest BCUT2D eigenvalue weighted by Gasteiger charge is 2.35. The van der Waals surface area contributed by atoms with Gasteiger partial charge in [0.1, 0.15) is 0 Å². The van der Waals surface area contributed by atoms with Crippen molar-refractivity contribution in [1.29, 1.82) is 0 Å². The molecule has 0 saturated carbocycles. The zero-order valence-corrected chi connectivity index (χ0v) is 38.2. The van der Waals surface area contributed by atoms with Crippen LogP contribution in [-0.2, 0) is 0 Å². The summed E-state index contributed by atoms with van der Waals surface area (Å²) in [6, 6.07) is 0. The van der Waals surface area contributed by atoms with E-state index in [2.05, 4.69) is 44.2 Å². The molecule has 0 aliphatic rings. The minimum Gasteiger partial charge on any atom is -0.489 e. The lowest BCUT2D eigenvalue weighted by Gasteiger charge is -2.49. The molecule has 2 nitrogen and oxygen atoms in total. The average Bonchev–Trinajstić information content (AvgIpc) is 3.12. The monoisotopic (exact) mass is 752 g/mol. The van der Waals surface area contributed by atoms with Crippen LogP contribution in [0.25, 0.3) is 0 Å². The minimum absolute atomic E-state index is 0.0909. The summed E-state index contributed by atoms with van der Waals surface area (Å²) in [5, 5.41) is 11.9. The molecule has 0 amide bonds. The zero-order valence-electron chi connectivity index (χ0n) is 37.2. The maximum atomic E-state index is 11.9. The summed E-state index contributed by atoms with van der Waals surface area (Å²) in [4.78, 5) is 0. The van der Waals surface area contributed by atoms with Gasteiger partial charge in [-0.25, -0.2) is 0 Å². The van der Waals surface area contributed by atoms with E-state index < -0.39 is 5.60 Å². The molecule has 52 heavy (non-hydrogen) atoms. The van der Waals surface area contributed by atoms with Crippen LogP contribution in [0.15, 0.2) is 0 Å². The van der Waals surface area contributed by atoms with E-state index in [0.29, 0.717) is 0 Å². The van der Waals surface area contributed by atoms with Crippen LogP contribution >= 0.6 is 9.24 Å². The molecule has 0 aliphatic carbocycles. The van der Waals surface area contributed by atoms with Crippen LogP contribution in [0.3, 0.4) is 0 Å². The average molecular weight is 752 g/mol. The summed E-state index contributed by atoms with van der Waals surface area (Å²) in [6.07, 6.45) is 58.5. The highest BCUT2D eigenvalue weighted by atomic mass is 31.0. The van der Waals surface area contributed by atoms with Crippen LogP contribution in [0.2, 0.25) is 0 Å². The van der Waals surface area contributed by atoms with Gasteiger partial charge in [-0.3, -0.25) is 0 Å². The van der Waals surface area contributed by atoms with Crippen molar-refractivity contribution in [3.63, 3.8) is 0 Å². The van der Waals surface area contributed by atoms with Gasteiger partial charge in [0.25, 0.3) is 0 Å². The molecular formula is C49H102NOP. The summed E-state index contributed by atoms with van der Waals surface area (Å²) >= 11 is 0. The van der Waals surface area contributed by atoms with Crippen LogP contribution in [-0.4, -0.2) is 42.1 Å². The Balaban J connectivity index is 3.74. The first-order valence-electron chi connectivity index (χ1n) is 24.5. The molecule has 1 atom stereocenters. The van der Waals surface area contributed by atoms with E-state index in [9.17, 15) is 5.11 Å². The second kappa shape index (κ2) is 39.6. The number of likely N-dealkylation sites (N-methyl/N-ethyl adjacent to an activating group) is 1. The van der Waals surface area contributed by atoms with E-state index in [4.69, 9.17) is 0 Å². The first kappa shape index (κ1) is 52.3. The second-order valence-corrected chi connectivity index (χ2v) is 19.1. The topological polar surface area (TPSA) is 20.2 Å². The van der Waals surface area contributed by atoms with Crippen LogP contribution < -0.4 is 0 Å². The molecule has 314 valence electrons. The van der Waals surface area contributed by atoms with Gasteiger partial charge in [-0.05, 0) is 18.6 Å². The molecular weight excluding hydrogens is 650 g/mol. The van der Waals surface area contributed by atoms with Gasteiger partial charge in [-0.2, -0.15) is 0 Å². The Morgan fingerprint density at radius 3 is 0.635 bits per heavy atom. The molecule has 1 N–H and O–H groups in total. The van der Waals surface area contributed by atoms with Gasteiger partial charge in [-0.1, -0.05) is 271 Å². The number of hydrogen-bond acceptors (Lipinski definition) is 1. The Labute approximate surface area is 333 Å². The molecule has 0 heterocycles. The summed E-state index contributed by atoms with van der Waals surface area (Å²) in [5.74, 6) is 0.0909. The first-order valence-corrected chi connectivity index (χ1v) is 25.1. The molecule has 0 aromatic carbocycles. The maximum absolute atomic E-state index is 11.9. The van der Waals surface area contributed by atoms with E-state index in [-0.39, 0.29) is 5.78 Å². The smallest absolute Gasteiger partial charge is 0.0878 e. The van der Waals surface area contributed by atoms with E-state index in [1.807, 2.05) is 0 Å². The largest absolute Gasteiger partial charge is 0.489 e. The van der Waals surface area contributed by atoms with E-state index in [1.54, 1.807) is 0 Å². The molecule has 1 unspecified atom stereocenters. The quantitative estimate of drug-likeness (QED) is 0.0373. The molecule has 0 spiro atoms. The molecule has 0 bridgehead atoms. The molecule has 0 radical (unpaired) electrons. The summed E-state index contributed by atoms with van der Waals surface area (Å²) < 4.78 is 0.770. The van der Waals surface area contributed by atoms with Crippen molar-refractivity contribution in [2.24, 2.45) is 0 Å². The Kier molecular flexibility index (Phi) is 39.8. The normalized spacial score (nSPS) is 13.0. The molecule has 0 aromatic rings. The van der Waals surface area contributed by atoms with Gasteiger partial charge < -0.3 is 18.8 Å². The fourth-order valence-corrected chi connectivity index (χ4v) is 8.78. The molecule has 0 aliphatic heterocycles. The number of nitrogens with zero attached hydrogens (tertiary/aromatic N) is 1. The zero-order chi connectivity index (χ0) is 38.3. The van der Waals surface area contributed by atoms with Crippen molar-refractivity contribution in [3.8, 4) is 0 Å². The summed E-state index contributed by atoms with van der Waals surface area (Å²) in [7, 11) is 10.7. The van der Waals surface area contributed by atoms with Crippen molar-refractivity contribution in [3.05, 3.63) is 0 Å². The molecule has 0 saturated heterocycles. The van der Waals surface area contributed by atoms with Gasteiger partial charge in [0, 0.05) is 0 Å². The van der Waals surface area contributed by atoms with Gasteiger partial charge >= 0.3 is 0 Å². The van der Waals surface area contributed by atoms with Crippen LogP contribution in [0.1, 0.15) is 284 Å². The third-order valence-corrected chi connectivity index (χ3v) is 13.5. The Morgan fingerprint density at radius 1 is 0.327 bits per heavy atom. The standard InChI is InChI=1S/C49H102NOP/c1-6-8-10-12-14-16-18-20-22-24-26-28-30-32-34-36-38-40-42-44-46-49(51,48(52)50(3,4)5)47-45-43-41-39-37-35-33-31-29-27-25-23-21-19-17-15-13-11-9-7-2/h48,51-52H,6-47H2,1-5H3. The number of aliphatic hydroxyl groups is 1. The first-order chi connectivity index (χ1) is 25.3. The van der Waals surface area contributed by atoms with Crippen molar-refractivity contribution < 1.29 is 9.59 Å². The van der Waals surface area contributed by atoms with Gasteiger partial charge in [0.15, 0.2) is 0 Å². The van der Waals surface area contributed by atoms with E-state index in [0.717, 1.165) is 30.2 Å². The maximum Gasteiger partial charge on any atom is 0.0878 e. The lowest BCUT2D eigenvalue weighted by Crippen LogP contribution is -2.55. The van der Waals surface area contributed by atoms with Crippen molar-refractivity contribution in [2.75, 3.05) is 21.1 Å². The summed E-state index contributed by atoms with van der Waals surface area (Å²) in [6.45, 7) is 4.61. The fourth-order valence-electron chi connectivity index (χ4n) is 8.49. The van der Waals surface area contributed by atoms with Crippen molar-refractivity contribution in [1.82, 2.24) is 0 Å². The molecule has 0 rings (SSSR count). The predicted octanol–water partition coefficient (Wildman–Crippen LogP) is 17.3. The Hall–Kier alpha value is 0.350. The number of hydrogen-bond donors (Lipinski definition) is 1. The molecule has 0 aromatic heterocycles. The second-order valence-electron chi connectivity index (χ2n) is 18.6. The van der Waals surface area contributed by atoms with Gasteiger partial charge in [0.2, 0.25) is 0 Å². The van der Waals surface area contributed by atoms with Crippen molar-refractivity contribution in [2.45, 2.75) is 295 Å². The number of rotatable bonds is 44. The lowest BCUT2D eigenvalue weighted by molar-refractivity contribution is -0.888. The lowest BCUT2D eigenvalue weighted by atomic mass is 9.88. The van der Waals surface area contributed by atoms with Crippen LogP contribution in [0, 0.1) is 0 Å². The number of unbranched alkanes of at least 4 members (excludes halogenated alkanes) is 38. The minimum atomic E-state index is -0.600. The van der Waals surface area contributed by atoms with E-state index in [1.165, 1.54) is 244 Å². The summed E-state index contributed by atoms with van der Waals surface area (Å²) in [5.41, 5.74) is -0.600. The Bertz CT molecular complexity index is 631. The van der Waals surface area contributed by atoms with Crippen molar-refractivity contribution >= 4 is 9.24 Å². The predicted molar refractivity (Wildman–Crippen MR) is 240 cm³/mol. The van der Waals surface area contributed by atoms with Crippen LogP contribution in [0.4, 0.5) is 0 Å². The van der Waals surface area contributed by atoms with E-state index >= 15 is 0 Å². The highest BCUT2D eigenvalue weighted by molar-refractivity contribution is 7.17.